The first-order valence-corrected chi connectivity index (χ1v) is 19.5. The second kappa shape index (κ2) is 23.6. The summed E-state index contributed by atoms with van der Waals surface area (Å²) < 4.78 is 5.81. The Kier molecular flexibility index (Phi) is 19.4. The molecule has 1 aromatic carbocycles. The zero-order valence-corrected chi connectivity index (χ0v) is 30.1. The van der Waals surface area contributed by atoms with Gasteiger partial charge >= 0.3 is 5.97 Å². The maximum Gasteiger partial charge on any atom is 0.312 e. The van der Waals surface area contributed by atoms with E-state index in [0.717, 1.165) is 102 Å². The molecule has 2 amide bonds. The quantitative estimate of drug-likeness (QED) is 0.0634. The first kappa shape index (κ1) is 38.7. The first-order valence-electron chi connectivity index (χ1n) is 18.6. The molecular weight excluding hydrogens is 607 g/mol. The second-order valence-corrected chi connectivity index (χ2v) is 14.1. The lowest BCUT2D eigenvalue weighted by Gasteiger charge is -2.35. The molecule has 0 saturated carbocycles. The highest BCUT2D eigenvalue weighted by Gasteiger charge is 2.26. The number of carbonyl (C=O) groups is 3. The molecule has 1 atom stereocenters. The molecular formula is C39H61N3O4S. The minimum Gasteiger partial charge on any atom is -0.426 e. The maximum atomic E-state index is 12.7. The van der Waals surface area contributed by atoms with Crippen molar-refractivity contribution < 1.29 is 19.1 Å². The number of hydrogen-bond acceptors (Lipinski definition) is 6. The average Bonchev–Trinajstić information content (AvgIpc) is 3.59. The van der Waals surface area contributed by atoms with Gasteiger partial charge in [-0.15, -0.1) is 11.3 Å². The molecule has 0 radical (unpaired) electrons. The molecule has 2 aromatic rings. The third kappa shape index (κ3) is 15.8. The minimum absolute atomic E-state index is 0.00961. The number of ether oxygens (including phenoxy) is 1. The Morgan fingerprint density at radius 3 is 2.11 bits per heavy atom. The van der Waals surface area contributed by atoms with Crippen molar-refractivity contribution in [2.24, 2.45) is 0 Å². The van der Waals surface area contributed by atoms with Crippen LogP contribution in [0, 0.1) is 0 Å². The highest BCUT2D eigenvalue weighted by Crippen LogP contribution is 2.32. The van der Waals surface area contributed by atoms with Crippen molar-refractivity contribution in [3.05, 3.63) is 51.7 Å². The van der Waals surface area contributed by atoms with Gasteiger partial charge in [-0.25, -0.2) is 0 Å². The van der Waals surface area contributed by atoms with Crippen molar-refractivity contribution in [2.75, 3.05) is 26.2 Å². The lowest BCUT2D eigenvalue weighted by atomic mass is 9.86. The molecule has 3 rings (SSSR count). The summed E-state index contributed by atoms with van der Waals surface area (Å²) in [5.74, 6) is 0.592. The number of thiophene rings is 1. The standard InChI is InChI=1S/C39H61N3O4S/c1-3-5-26-40-37(43)20-13-11-9-7-6-8-10-12-14-21-38(44)41-27-24-39(45)46-36-19-15-17-32-31-33(22-23-35(32)36)42(28-4-2)29-25-34-18-16-30-47-34/h15-19,30,33H,3-14,20-29,31H2,1-2H3,(H,40,43)(H,41,44)/t33-/m0/s1. The molecule has 2 N–H and O–H groups in total. The van der Waals surface area contributed by atoms with Crippen LogP contribution in [0.4, 0.5) is 0 Å². The Morgan fingerprint density at radius 1 is 0.787 bits per heavy atom. The Hall–Kier alpha value is -2.71. The number of nitrogens with zero attached hydrogens (tertiary/aromatic N) is 1. The van der Waals surface area contributed by atoms with Crippen LogP contribution in [0.25, 0.3) is 0 Å². The second-order valence-electron chi connectivity index (χ2n) is 13.1. The van der Waals surface area contributed by atoms with Crippen molar-refractivity contribution in [3.8, 4) is 5.75 Å². The minimum atomic E-state index is -0.292. The van der Waals surface area contributed by atoms with Crippen LogP contribution in [0.1, 0.15) is 133 Å². The number of esters is 1. The van der Waals surface area contributed by atoms with Crippen molar-refractivity contribution >= 4 is 29.1 Å². The van der Waals surface area contributed by atoms with Crippen molar-refractivity contribution in [1.82, 2.24) is 15.5 Å². The summed E-state index contributed by atoms with van der Waals surface area (Å²) in [7, 11) is 0. The number of hydrogen-bond donors (Lipinski definition) is 2. The Balaban J connectivity index is 1.22. The normalized spacial score (nSPS) is 14.1. The Morgan fingerprint density at radius 2 is 1.47 bits per heavy atom. The first-order chi connectivity index (χ1) is 23.0. The van der Waals surface area contributed by atoms with Crippen LogP contribution in [-0.4, -0.2) is 54.9 Å². The molecule has 0 aliphatic heterocycles. The highest BCUT2D eigenvalue weighted by molar-refractivity contribution is 7.09. The van der Waals surface area contributed by atoms with Crippen LogP contribution in [-0.2, 0) is 33.6 Å². The fourth-order valence-electron chi connectivity index (χ4n) is 6.50. The molecule has 0 saturated heterocycles. The van der Waals surface area contributed by atoms with E-state index in [2.05, 4.69) is 53.0 Å². The number of benzene rings is 1. The number of nitrogens with one attached hydrogen (secondary N) is 2. The van der Waals surface area contributed by atoms with Crippen molar-refractivity contribution in [2.45, 2.75) is 142 Å². The van der Waals surface area contributed by atoms with E-state index >= 15 is 0 Å². The Bertz CT molecular complexity index is 1170. The molecule has 1 aliphatic carbocycles. The molecule has 0 unspecified atom stereocenters. The van der Waals surface area contributed by atoms with Gasteiger partial charge in [0.2, 0.25) is 11.8 Å². The van der Waals surface area contributed by atoms with Crippen LogP contribution >= 0.6 is 11.3 Å². The number of rotatable bonds is 25. The molecule has 1 aromatic heterocycles. The van der Waals surface area contributed by atoms with E-state index in [1.165, 1.54) is 36.1 Å². The molecule has 1 heterocycles. The van der Waals surface area contributed by atoms with E-state index < -0.39 is 0 Å². The van der Waals surface area contributed by atoms with E-state index in [1.54, 1.807) is 0 Å². The summed E-state index contributed by atoms with van der Waals surface area (Å²) in [6.45, 7) is 7.69. The van der Waals surface area contributed by atoms with Gasteiger partial charge in [0.25, 0.3) is 0 Å². The van der Waals surface area contributed by atoms with Crippen LogP contribution in [0.2, 0.25) is 0 Å². The number of unbranched alkanes of at least 4 members (excludes halogenated alkanes) is 9. The van der Waals surface area contributed by atoms with Crippen LogP contribution in [0.3, 0.4) is 0 Å². The van der Waals surface area contributed by atoms with Crippen LogP contribution in [0.15, 0.2) is 35.7 Å². The summed E-state index contributed by atoms with van der Waals surface area (Å²) in [5, 5.41) is 8.03. The van der Waals surface area contributed by atoms with E-state index in [4.69, 9.17) is 4.74 Å². The number of carbonyl (C=O) groups excluding carboxylic acids is 3. The summed E-state index contributed by atoms with van der Waals surface area (Å²) in [5.41, 5.74) is 2.45. The molecule has 8 heteroatoms. The van der Waals surface area contributed by atoms with Gasteiger partial charge in [-0.3, -0.25) is 19.3 Å². The average molecular weight is 668 g/mol. The summed E-state index contributed by atoms with van der Waals surface area (Å²) >= 11 is 1.84. The van der Waals surface area contributed by atoms with Crippen molar-refractivity contribution in [1.29, 1.82) is 0 Å². The lowest BCUT2D eigenvalue weighted by Crippen LogP contribution is -2.41. The largest absolute Gasteiger partial charge is 0.426 e. The van der Waals surface area contributed by atoms with Gasteiger partial charge in [0.05, 0.1) is 6.42 Å². The molecule has 1 aliphatic rings. The van der Waals surface area contributed by atoms with Crippen LogP contribution < -0.4 is 15.4 Å². The number of amides is 2. The predicted molar refractivity (Wildman–Crippen MR) is 194 cm³/mol. The third-order valence-electron chi connectivity index (χ3n) is 9.20. The van der Waals surface area contributed by atoms with Gasteiger partial charge in [0, 0.05) is 43.4 Å². The highest BCUT2D eigenvalue weighted by atomic mass is 32.1. The topological polar surface area (TPSA) is 87.7 Å². The summed E-state index contributed by atoms with van der Waals surface area (Å²) in [6.07, 6.45) is 18.7. The molecule has 0 fully saturated rings. The SMILES string of the molecule is CCCCNC(=O)CCCCCCCCCCCC(=O)NCCC(=O)Oc1cccc2c1CC[C@H](N(CCC)CCc1cccs1)C2. The fourth-order valence-corrected chi connectivity index (χ4v) is 7.20. The summed E-state index contributed by atoms with van der Waals surface area (Å²) in [4.78, 5) is 40.7. The molecule has 0 bridgehead atoms. The molecule has 262 valence electrons. The van der Waals surface area contributed by atoms with Gasteiger partial charge < -0.3 is 15.4 Å². The van der Waals surface area contributed by atoms with Crippen molar-refractivity contribution in [3.63, 3.8) is 0 Å². The molecule has 7 nitrogen and oxygen atoms in total. The molecule has 0 spiro atoms. The van der Waals surface area contributed by atoms with Crippen LogP contribution in [0.5, 0.6) is 5.75 Å². The van der Waals surface area contributed by atoms with E-state index in [0.29, 0.717) is 31.2 Å². The zero-order valence-electron chi connectivity index (χ0n) is 29.3. The van der Waals surface area contributed by atoms with Gasteiger partial charge in [0.1, 0.15) is 5.75 Å². The van der Waals surface area contributed by atoms with Gasteiger partial charge in [0.15, 0.2) is 0 Å². The fraction of sp³-hybridized carbons (Fsp3) is 0.667. The molecule has 47 heavy (non-hydrogen) atoms. The van der Waals surface area contributed by atoms with E-state index in [1.807, 2.05) is 23.5 Å². The van der Waals surface area contributed by atoms with Gasteiger partial charge in [-0.2, -0.15) is 0 Å². The van der Waals surface area contributed by atoms with E-state index in [9.17, 15) is 14.4 Å². The van der Waals surface area contributed by atoms with Gasteiger partial charge in [-0.1, -0.05) is 83.4 Å². The maximum absolute atomic E-state index is 12.7. The zero-order chi connectivity index (χ0) is 33.5. The lowest BCUT2D eigenvalue weighted by molar-refractivity contribution is -0.134. The monoisotopic (exact) mass is 667 g/mol. The third-order valence-corrected chi connectivity index (χ3v) is 10.1. The predicted octanol–water partition coefficient (Wildman–Crippen LogP) is 8.18. The van der Waals surface area contributed by atoms with E-state index in [-0.39, 0.29) is 24.2 Å². The number of fused-ring (bicyclic) bond motifs is 1. The smallest absolute Gasteiger partial charge is 0.312 e. The Labute approximate surface area is 288 Å². The van der Waals surface area contributed by atoms with Gasteiger partial charge in [-0.05, 0) is 86.6 Å². The summed E-state index contributed by atoms with van der Waals surface area (Å²) in [6, 6.07) is 11.0.